The maximum atomic E-state index is 6.51. The molecule has 1 aromatic heterocycles. The first-order valence-corrected chi connectivity index (χ1v) is 10.7. The average molecular weight is 471 g/mol. The van der Waals surface area contributed by atoms with E-state index < -0.39 is 0 Å². The molecule has 3 aromatic rings. The molecule has 2 heterocycles. The Morgan fingerprint density at radius 2 is 2.03 bits per heavy atom. The monoisotopic (exact) mass is 469 g/mol. The Kier molecular flexibility index (Phi) is 6.23. The standard InChI is InChI=1S/C22H21BrClN5/c1-2-3-6-12-25-13-19-27-28-20-14-26-22(15-8-4-5-10-17(15)24)21-16(23)9-7-11-18(21)29(19)20/h2,4-5,7-11,25H,1,3,6,12-14H2. The van der Waals surface area contributed by atoms with Crippen molar-refractivity contribution < 1.29 is 0 Å². The topological polar surface area (TPSA) is 55.1 Å². The van der Waals surface area contributed by atoms with E-state index in [1.807, 2.05) is 42.5 Å². The third kappa shape index (κ3) is 4.06. The van der Waals surface area contributed by atoms with Gasteiger partial charge >= 0.3 is 0 Å². The number of aliphatic imine (C=N–C) groups is 1. The molecule has 0 amide bonds. The Bertz CT molecular complexity index is 1070. The number of nitrogens with zero attached hydrogens (tertiary/aromatic N) is 4. The van der Waals surface area contributed by atoms with E-state index in [1.54, 1.807) is 0 Å². The van der Waals surface area contributed by atoms with E-state index in [0.717, 1.165) is 58.0 Å². The highest BCUT2D eigenvalue weighted by molar-refractivity contribution is 9.10. The molecule has 0 saturated carbocycles. The minimum Gasteiger partial charge on any atom is -0.310 e. The summed E-state index contributed by atoms with van der Waals surface area (Å²) in [5.74, 6) is 1.68. The smallest absolute Gasteiger partial charge is 0.159 e. The van der Waals surface area contributed by atoms with E-state index in [1.165, 1.54) is 0 Å². The highest BCUT2D eigenvalue weighted by Crippen LogP contribution is 2.32. The zero-order chi connectivity index (χ0) is 20.2. The number of unbranched alkanes of at least 4 members (excludes halogenated alkanes) is 1. The molecule has 1 N–H and O–H groups in total. The lowest BCUT2D eigenvalue weighted by molar-refractivity contribution is 0.625. The third-order valence-corrected chi connectivity index (χ3v) is 5.81. The molecule has 0 spiro atoms. The molecule has 5 nitrogen and oxygen atoms in total. The van der Waals surface area contributed by atoms with Crippen LogP contribution in [0.15, 0.2) is 64.6 Å². The van der Waals surface area contributed by atoms with Crippen molar-refractivity contribution in [3.8, 4) is 5.69 Å². The van der Waals surface area contributed by atoms with Gasteiger partial charge in [0.05, 0.1) is 17.9 Å². The van der Waals surface area contributed by atoms with Crippen LogP contribution in [-0.2, 0) is 13.1 Å². The van der Waals surface area contributed by atoms with Crippen LogP contribution in [0.1, 0.15) is 35.6 Å². The predicted molar refractivity (Wildman–Crippen MR) is 121 cm³/mol. The SMILES string of the molecule is C=CCCCNCc1nnc2n1-c1cccc(Br)c1C(c1ccccc1Cl)=NC2. The van der Waals surface area contributed by atoms with Gasteiger partial charge < -0.3 is 5.32 Å². The molecule has 0 fully saturated rings. The maximum absolute atomic E-state index is 6.51. The lowest BCUT2D eigenvalue weighted by Crippen LogP contribution is -2.19. The molecule has 7 heteroatoms. The quantitative estimate of drug-likeness (QED) is 0.386. The van der Waals surface area contributed by atoms with Gasteiger partial charge in [0.2, 0.25) is 0 Å². The molecule has 0 atom stereocenters. The van der Waals surface area contributed by atoms with Gasteiger partial charge in [0.1, 0.15) is 6.54 Å². The van der Waals surface area contributed by atoms with Gasteiger partial charge in [-0.2, -0.15) is 0 Å². The number of hydrogen-bond donors (Lipinski definition) is 1. The van der Waals surface area contributed by atoms with Crippen molar-refractivity contribution in [3.63, 3.8) is 0 Å². The number of rotatable bonds is 7. The summed E-state index contributed by atoms with van der Waals surface area (Å²) in [6.07, 6.45) is 3.98. The van der Waals surface area contributed by atoms with Crippen LogP contribution < -0.4 is 5.32 Å². The predicted octanol–water partition coefficient (Wildman–Crippen LogP) is 5.09. The summed E-state index contributed by atoms with van der Waals surface area (Å²) in [6.45, 7) is 5.74. The van der Waals surface area contributed by atoms with Crippen LogP contribution in [-0.4, -0.2) is 27.0 Å². The minimum absolute atomic E-state index is 0.436. The Morgan fingerprint density at radius 3 is 2.86 bits per heavy atom. The normalized spacial score (nSPS) is 12.7. The molecule has 29 heavy (non-hydrogen) atoms. The molecule has 1 aliphatic rings. The molecular formula is C22H21BrClN5. The second kappa shape index (κ2) is 9.03. The van der Waals surface area contributed by atoms with Crippen molar-refractivity contribution in [2.45, 2.75) is 25.9 Å². The fraction of sp³-hybridized carbons (Fsp3) is 0.227. The van der Waals surface area contributed by atoms with Crippen LogP contribution in [0, 0.1) is 0 Å². The zero-order valence-electron chi connectivity index (χ0n) is 15.9. The molecule has 0 unspecified atom stereocenters. The van der Waals surface area contributed by atoms with Gasteiger partial charge in [0, 0.05) is 20.6 Å². The Labute approximate surface area is 183 Å². The number of aromatic nitrogens is 3. The third-order valence-electron chi connectivity index (χ3n) is 4.82. The van der Waals surface area contributed by atoms with Gasteiger partial charge in [-0.15, -0.1) is 16.8 Å². The second-order valence-corrected chi connectivity index (χ2v) is 8.02. The summed E-state index contributed by atoms with van der Waals surface area (Å²) >= 11 is 10.2. The first-order valence-electron chi connectivity index (χ1n) is 9.54. The van der Waals surface area contributed by atoms with Gasteiger partial charge in [-0.25, -0.2) is 0 Å². The van der Waals surface area contributed by atoms with E-state index in [4.69, 9.17) is 16.6 Å². The minimum atomic E-state index is 0.436. The molecule has 148 valence electrons. The molecule has 0 bridgehead atoms. The van der Waals surface area contributed by atoms with Gasteiger partial charge in [0.15, 0.2) is 11.6 Å². The average Bonchev–Trinajstić information content (AvgIpc) is 3.04. The highest BCUT2D eigenvalue weighted by atomic mass is 79.9. The summed E-state index contributed by atoms with van der Waals surface area (Å²) in [5.41, 5.74) is 3.75. The number of halogens is 2. The molecule has 0 radical (unpaired) electrons. The summed E-state index contributed by atoms with van der Waals surface area (Å²) in [7, 11) is 0. The van der Waals surface area contributed by atoms with Crippen molar-refractivity contribution in [1.29, 1.82) is 0 Å². The van der Waals surface area contributed by atoms with Crippen LogP contribution in [0.25, 0.3) is 5.69 Å². The van der Waals surface area contributed by atoms with Crippen LogP contribution >= 0.6 is 27.5 Å². The van der Waals surface area contributed by atoms with Crippen LogP contribution in [0.5, 0.6) is 0 Å². The first-order chi connectivity index (χ1) is 14.2. The number of nitrogens with one attached hydrogen (secondary N) is 1. The fourth-order valence-electron chi connectivity index (χ4n) is 3.46. The summed E-state index contributed by atoms with van der Waals surface area (Å²) in [5, 5.41) is 13.0. The maximum Gasteiger partial charge on any atom is 0.159 e. The molecule has 4 rings (SSSR count). The van der Waals surface area contributed by atoms with E-state index in [-0.39, 0.29) is 0 Å². The van der Waals surface area contributed by atoms with Gasteiger partial charge in [-0.05, 0) is 37.6 Å². The van der Waals surface area contributed by atoms with Crippen molar-refractivity contribution in [1.82, 2.24) is 20.1 Å². The summed E-state index contributed by atoms with van der Waals surface area (Å²) in [4.78, 5) is 4.88. The molecular weight excluding hydrogens is 450 g/mol. The lowest BCUT2D eigenvalue weighted by Gasteiger charge is -2.16. The molecule has 2 aromatic carbocycles. The van der Waals surface area contributed by atoms with E-state index >= 15 is 0 Å². The number of hydrogen-bond acceptors (Lipinski definition) is 4. The largest absolute Gasteiger partial charge is 0.310 e. The van der Waals surface area contributed by atoms with Crippen molar-refractivity contribution in [2.24, 2.45) is 4.99 Å². The summed E-state index contributed by atoms with van der Waals surface area (Å²) < 4.78 is 3.06. The van der Waals surface area contributed by atoms with Crippen LogP contribution in [0.3, 0.4) is 0 Å². The van der Waals surface area contributed by atoms with E-state index in [0.29, 0.717) is 18.1 Å². The summed E-state index contributed by atoms with van der Waals surface area (Å²) in [6, 6.07) is 13.9. The number of fused-ring (bicyclic) bond motifs is 3. The van der Waals surface area contributed by atoms with Gasteiger partial charge in [-0.3, -0.25) is 9.56 Å². The van der Waals surface area contributed by atoms with Crippen molar-refractivity contribution in [3.05, 3.63) is 87.4 Å². The Hall–Kier alpha value is -2.28. The van der Waals surface area contributed by atoms with Crippen molar-refractivity contribution in [2.75, 3.05) is 6.54 Å². The fourth-order valence-corrected chi connectivity index (χ4v) is 4.22. The highest BCUT2D eigenvalue weighted by Gasteiger charge is 2.25. The van der Waals surface area contributed by atoms with E-state index in [2.05, 4.69) is 48.7 Å². The Morgan fingerprint density at radius 1 is 1.17 bits per heavy atom. The molecule has 0 aliphatic carbocycles. The van der Waals surface area contributed by atoms with Gasteiger partial charge in [-0.1, -0.05) is 57.9 Å². The van der Waals surface area contributed by atoms with Gasteiger partial charge in [0.25, 0.3) is 0 Å². The number of allylic oxidation sites excluding steroid dienone is 1. The lowest BCUT2D eigenvalue weighted by atomic mass is 10.0. The van der Waals surface area contributed by atoms with Crippen molar-refractivity contribution >= 4 is 33.2 Å². The second-order valence-electron chi connectivity index (χ2n) is 6.75. The number of benzene rings is 2. The van der Waals surface area contributed by atoms with Crippen LogP contribution in [0.2, 0.25) is 5.02 Å². The Balaban J connectivity index is 1.76. The molecule has 0 saturated heterocycles. The first kappa shape index (κ1) is 20.0. The van der Waals surface area contributed by atoms with Crippen LogP contribution in [0.4, 0.5) is 0 Å². The molecule has 1 aliphatic heterocycles. The zero-order valence-corrected chi connectivity index (χ0v) is 18.2. The van der Waals surface area contributed by atoms with E-state index in [9.17, 15) is 0 Å².